The quantitative estimate of drug-likeness (QED) is 0.694. The molecule has 0 saturated heterocycles. The molecule has 13 heavy (non-hydrogen) atoms. The zero-order valence-corrected chi connectivity index (χ0v) is 7.39. The van der Waals surface area contributed by atoms with Gasteiger partial charge in [0.1, 0.15) is 0 Å². The molecule has 0 unspecified atom stereocenters. The van der Waals surface area contributed by atoms with Crippen molar-refractivity contribution in [1.29, 1.82) is 0 Å². The zero-order valence-electron chi connectivity index (χ0n) is 7.39. The van der Waals surface area contributed by atoms with E-state index in [1.807, 2.05) is 0 Å². The summed E-state index contributed by atoms with van der Waals surface area (Å²) >= 11 is 0. The molecule has 2 rings (SSSR count). The molecule has 4 nitrogen and oxygen atoms in total. The van der Waals surface area contributed by atoms with Crippen LogP contribution in [0.3, 0.4) is 0 Å². The van der Waals surface area contributed by atoms with Crippen molar-refractivity contribution in [3.05, 3.63) is 28.9 Å². The van der Waals surface area contributed by atoms with Crippen molar-refractivity contribution in [2.24, 2.45) is 11.7 Å². The van der Waals surface area contributed by atoms with E-state index in [-0.39, 0.29) is 5.56 Å². The van der Waals surface area contributed by atoms with Gasteiger partial charge in [0.15, 0.2) is 0 Å². The van der Waals surface area contributed by atoms with Crippen molar-refractivity contribution in [2.75, 3.05) is 0 Å². The van der Waals surface area contributed by atoms with Gasteiger partial charge in [-0.3, -0.25) is 9.78 Å². The number of hydrogen-bond acceptors (Lipinski definition) is 3. The fourth-order valence-electron chi connectivity index (χ4n) is 1.74. The van der Waals surface area contributed by atoms with E-state index >= 15 is 0 Å². The fraction of sp³-hybridized carbons (Fsp3) is 0.556. The van der Waals surface area contributed by atoms with Crippen LogP contribution in [0.1, 0.15) is 12.8 Å². The Hall–Kier alpha value is -1.16. The van der Waals surface area contributed by atoms with Crippen molar-refractivity contribution in [3.63, 3.8) is 0 Å². The predicted molar refractivity (Wildman–Crippen MR) is 49.2 cm³/mol. The van der Waals surface area contributed by atoms with Gasteiger partial charge < -0.3 is 10.3 Å². The lowest BCUT2D eigenvalue weighted by Crippen LogP contribution is -2.39. The Morgan fingerprint density at radius 3 is 3.00 bits per heavy atom. The van der Waals surface area contributed by atoms with Gasteiger partial charge in [0.05, 0.1) is 6.20 Å². The lowest BCUT2D eigenvalue weighted by atomic mass is 9.81. The fourth-order valence-corrected chi connectivity index (χ4v) is 1.74. The van der Waals surface area contributed by atoms with Crippen LogP contribution in [0.2, 0.25) is 0 Å². The number of rotatable bonds is 2. The minimum absolute atomic E-state index is 0.0250. The maximum absolute atomic E-state index is 11.2. The largest absolute Gasteiger partial charge is 0.328 e. The maximum Gasteiger partial charge on any atom is 0.268 e. The maximum atomic E-state index is 11.2. The van der Waals surface area contributed by atoms with Crippen LogP contribution in [-0.2, 0) is 6.54 Å². The standard InChI is InChI=1S/C9H13N3O/c10-8-3-7(4-8)6-12-2-1-11-5-9(12)13/h1-2,5,7-8H,3-4,6,10H2. The molecule has 0 amide bonds. The van der Waals surface area contributed by atoms with E-state index in [1.54, 1.807) is 17.0 Å². The third kappa shape index (κ3) is 1.78. The molecular weight excluding hydrogens is 166 g/mol. The van der Waals surface area contributed by atoms with Crippen LogP contribution in [0, 0.1) is 5.92 Å². The van der Waals surface area contributed by atoms with Crippen LogP contribution < -0.4 is 11.3 Å². The molecule has 1 aromatic heterocycles. The van der Waals surface area contributed by atoms with E-state index in [1.165, 1.54) is 6.20 Å². The number of aromatic nitrogens is 2. The molecular formula is C9H13N3O. The van der Waals surface area contributed by atoms with E-state index in [0.717, 1.165) is 19.4 Å². The Kier molecular flexibility index (Phi) is 2.14. The molecule has 4 heteroatoms. The predicted octanol–water partition coefficient (Wildman–Crippen LogP) is -0.0194. The highest BCUT2D eigenvalue weighted by Crippen LogP contribution is 2.26. The van der Waals surface area contributed by atoms with Gasteiger partial charge in [0.2, 0.25) is 0 Å². The summed E-state index contributed by atoms with van der Waals surface area (Å²) in [6, 6.07) is 0.350. The van der Waals surface area contributed by atoms with Crippen LogP contribution in [0.25, 0.3) is 0 Å². The summed E-state index contributed by atoms with van der Waals surface area (Å²) in [5.74, 6) is 0.579. The molecule has 0 spiro atoms. The second-order valence-corrected chi connectivity index (χ2v) is 3.66. The summed E-state index contributed by atoms with van der Waals surface area (Å²) in [5.41, 5.74) is 5.64. The van der Waals surface area contributed by atoms with Crippen molar-refractivity contribution in [3.8, 4) is 0 Å². The Bertz CT molecular complexity index is 341. The topological polar surface area (TPSA) is 60.9 Å². The highest BCUT2D eigenvalue weighted by molar-refractivity contribution is 4.86. The first-order chi connectivity index (χ1) is 6.25. The molecule has 1 heterocycles. The first-order valence-corrected chi connectivity index (χ1v) is 4.52. The SMILES string of the molecule is NC1CC(Cn2ccncc2=O)C1. The average molecular weight is 179 g/mol. The average Bonchev–Trinajstić information content (AvgIpc) is 2.06. The lowest BCUT2D eigenvalue weighted by molar-refractivity contribution is 0.232. The Morgan fingerprint density at radius 2 is 2.38 bits per heavy atom. The summed E-state index contributed by atoms with van der Waals surface area (Å²) in [6.45, 7) is 0.787. The summed E-state index contributed by atoms with van der Waals surface area (Å²) in [6.07, 6.45) is 6.79. The Labute approximate surface area is 76.4 Å². The first-order valence-electron chi connectivity index (χ1n) is 4.52. The molecule has 1 aliphatic rings. The van der Waals surface area contributed by atoms with Gasteiger partial charge in [0, 0.05) is 25.0 Å². The monoisotopic (exact) mass is 179 g/mol. The first kappa shape index (κ1) is 8.44. The van der Waals surface area contributed by atoms with Crippen LogP contribution in [0.15, 0.2) is 23.4 Å². The third-order valence-electron chi connectivity index (χ3n) is 2.53. The molecule has 1 aromatic rings. The summed E-state index contributed by atoms with van der Waals surface area (Å²) in [5, 5.41) is 0. The van der Waals surface area contributed by atoms with Gasteiger partial charge in [-0.05, 0) is 18.8 Å². The normalized spacial score (nSPS) is 26.8. The Morgan fingerprint density at radius 1 is 1.62 bits per heavy atom. The van der Waals surface area contributed by atoms with Crippen LogP contribution >= 0.6 is 0 Å². The molecule has 0 aliphatic heterocycles. The van der Waals surface area contributed by atoms with Crippen molar-refractivity contribution < 1.29 is 0 Å². The van der Waals surface area contributed by atoms with Crippen LogP contribution in [0.5, 0.6) is 0 Å². The van der Waals surface area contributed by atoms with Crippen LogP contribution in [-0.4, -0.2) is 15.6 Å². The van der Waals surface area contributed by atoms with Gasteiger partial charge in [-0.2, -0.15) is 0 Å². The van der Waals surface area contributed by atoms with Crippen LogP contribution in [0.4, 0.5) is 0 Å². The van der Waals surface area contributed by atoms with Gasteiger partial charge in [-0.15, -0.1) is 0 Å². The summed E-state index contributed by atoms with van der Waals surface area (Å²) in [7, 11) is 0. The minimum atomic E-state index is -0.0250. The highest BCUT2D eigenvalue weighted by atomic mass is 16.1. The molecule has 0 radical (unpaired) electrons. The second kappa shape index (κ2) is 3.30. The summed E-state index contributed by atoms with van der Waals surface area (Å²) < 4.78 is 1.70. The van der Waals surface area contributed by atoms with E-state index < -0.39 is 0 Å². The third-order valence-corrected chi connectivity index (χ3v) is 2.53. The minimum Gasteiger partial charge on any atom is -0.328 e. The second-order valence-electron chi connectivity index (χ2n) is 3.66. The Balaban J connectivity index is 2.02. The lowest BCUT2D eigenvalue weighted by Gasteiger charge is -2.32. The van der Waals surface area contributed by atoms with E-state index in [9.17, 15) is 4.79 Å². The number of nitrogens with two attached hydrogens (primary N) is 1. The van der Waals surface area contributed by atoms with Gasteiger partial charge in [-0.25, -0.2) is 0 Å². The molecule has 0 aromatic carbocycles. The van der Waals surface area contributed by atoms with E-state index in [0.29, 0.717) is 12.0 Å². The van der Waals surface area contributed by atoms with Crippen molar-refractivity contribution >= 4 is 0 Å². The number of nitrogens with zero attached hydrogens (tertiary/aromatic N) is 2. The van der Waals surface area contributed by atoms with Gasteiger partial charge in [0.25, 0.3) is 5.56 Å². The van der Waals surface area contributed by atoms with E-state index in [2.05, 4.69) is 4.98 Å². The molecule has 1 fully saturated rings. The molecule has 1 saturated carbocycles. The molecule has 0 atom stereocenters. The molecule has 2 N–H and O–H groups in total. The summed E-state index contributed by atoms with van der Waals surface area (Å²) in [4.78, 5) is 15.0. The smallest absolute Gasteiger partial charge is 0.268 e. The molecule has 0 bridgehead atoms. The molecule has 70 valence electrons. The molecule has 1 aliphatic carbocycles. The van der Waals surface area contributed by atoms with Gasteiger partial charge >= 0.3 is 0 Å². The van der Waals surface area contributed by atoms with E-state index in [4.69, 9.17) is 5.73 Å². The van der Waals surface area contributed by atoms with Gasteiger partial charge in [-0.1, -0.05) is 0 Å². The zero-order chi connectivity index (χ0) is 9.26. The number of hydrogen-bond donors (Lipinski definition) is 1. The van der Waals surface area contributed by atoms with Crippen molar-refractivity contribution in [2.45, 2.75) is 25.4 Å². The highest BCUT2D eigenvalue weighted by Gasteiger charge is 2.25. The van der Waals surface area contributed by atoms with Crippen molar-refractivity contribution in [1.82, 2.24) is 9.55 Å².